The van der Waals surface area contributed by atoms with Crippen molar-refractivity contribution >= 4 is 27.9 Å². The second-order valence-corrected chi connectivity index (χ2v) is 5.99. The van der Waals surface area contributed by atoms with Gasteiger partial charge in [-0.1, -0.05) is 35.6 Å². The maximum atomic E-state index is 11.3. The average Bonchev–Trinajstić information content (AvgIpc) is 3.10. The molecule has 6 nitrogen and oxygen atoms in total. The molecule has 7 heteroatoms. The lowest BCUT2D eigenvalue weighted by Gasteiger charge is -2.10. The van der Waals surface area contributed by atoms with Gasteiger partial charge in [-0.05, 0) is 28.9 Å². The zero-order chi connectivity index (χ0) is 14.4. The van der Waals surface area contributed by atoms with Gasteiger partial charge in [0.15, 0.2) is 0 Å². The van der Waals surface area contributed by atoms with Crippen LogP contribution >= 0.6 is 11.3 Å². The van der Waals surface area contributed by atoms with Crippen LogP contribution in [0.5, 0.6) is 0 Å². The van der Waals surface area contributed by atoms with Crippen LogP contribution in [0.15, 0.2) is 35.8 Å². The van der Waals surface area contributed by atoms with Crippen molar-refractivity contribution in [1.29, 1.82) is 0 Å². The number of nitrogens with zero attached hydrogens (tertiary/aromatic N) is 3. The summed E-state index contributed by atoms with van der Waals surface area (Å²) in [6.45, 7) is 0. The lowest BCUT2D eigenvalue weighted by molar-refractivity contribution is -0.389. The van der Waals surface area contributed by atoms with E-state index in [-0.39, 0.29) is 16.8 Å². The molecular weight excluding hydrogens is 288 g/mol. The molecule has 0 saturated carbocycles. The molecule has 21 heavy (non-hydrogen) atoms. The van der Waals surface area contributed by atoms with Crippen LogP contribution in [0.3, 0.4) is 0 Å². The van der Waals surface area contributed by atoms with Crippen LogP contribution in [0.1, 0.15) is 11.1 Å². The van der Waals surface area contributed by atoms with E-state index in [9.17, 15) is 10.1 Å². The van der Waals surface area contributed by atoms with Gasteiger partial charge in [-0.2, -0.15) is 9.38 Å². The molecule has 4 rings (SSSR count). The number of hydrogen-bond acceptors (Lipinski definition) is 5. The smallest absolute Gasteiger partial charge is 0.360 e. The summed E-state index contributed by atoms with van der Waals surface area (Å²) < 4.78 is 1.52. The summed E-state index contributed by atoms with van der Waals surface area (Å²) in [5, 5.41) is 16.3. The van der Waals surface area contributed by atoms with Crippen molar-refractivity contribution in [2.75, 3.05) is 5.32 Å². The third kappa shape index (κ3) is 1.97. The van der Waals surface area contributed by atoms with Crippen molar-refractivity contribution in [3.05, 3.63) is 57.1 Å². The molecule has 0 spiro atoms. The first kappa shape index (κ1) is 12.3. The number of hydrogen-bond donors (Lipinski definition) is 1. The summed E-state index contributed by atoms with van der Waals surface area (Å²) in [4.78, 5) is 15.9. The summed E-state index contributed by atoms with van der Waals surface area (Å²) >= 11 is 1.39. The van der Waals surface area contributed by atoms with Crippen LogP contribution in [0.2, 0.25) is 0 Å². The highest BCUT2D eigenvalue weighted by molar-refractivity contribution is 7.15. The Morgan fingerprint density at radius 1 is 1.33 bits per heavy atom. The van der Waals surface area contributed by atoms with Crippen LogP contribution in [-0.4, -0.2) is 20.3 Å². The number of imidazole rings is 1. The molecule has 0 unspecified atom stereocenters. The Morgan fingerprint density at radius 3 is 2.71 bits per heavy atom. The molecule has 2 heterocycles. The lowest BCUT2D eigenvalue weighted by Crippen LogP contribution is -2.20. The van der Waals surface area contributed by atoms with Gasteiger partial charge in [0.2, 0.25) is 5.82 Å². The number of fused-ring (bicyclic) bond motifs is 2. The Morgan fingerprint density at radius 2 is 2.05 bits per heavy atom. The van der Waals surface area contributed by atoms with Crippen molar-refractivity contribution in [1.82, 2.24) is 9.38 Å². The maximum absolute atomic E-state index is 11.3. The monoisotopic (exact) mass is 300 g/mol. The Kier molecular flexibility index (Phi) is 2.68. The fourth-order valence-corrected chi connectivity index (χ4v) is 3.61. The Hall–Kier alpha value is -2.41. The fourth-order valence-electron chi connectivity index (χ4n) is 2.90. The van der Waals surface area contributed by atoms with Crippen LogP contribution < -0.4 is 5.32 Å². The van der Waals surface area contributed by atoms with Crippen LogP contribution in [0, 0.1) is 10.1 Å². The third-order valence-corrected chi connectivity index (χ3v) is 4.56. The van der Waals surface area contributed by atoms with E-state index in [1.807, 2.05) is 12.1 Å². The van der Waals surface area contributed by atoms with E-state index in [4.69, 9.17) is 0 Å². The highest BCUT2D eigenvalue weighted by Gasteiger charge is 2.28. The quantitative estimate of drug-likeness (QED) is 0.596. The van der Waals surface area contributed by atoms with E-state index >= 15 is 0 Å². The molecule has 2 aromatic heterocycles. The second-order valence-electron chi connectivity index (χ2n) is 5.11. The van der Waals surface area contributed by atoms with Gasteiger partial charge in [0.1, 0.15) is 6.20 Å². The first-order valence-electron chi connectivity index (χ1n) is 6.65. The van der Waals surface area contributed by atoms with Gasteiger partial charge in [-0.3, -0.25) is 0 Å². The average molecular weight is 300 g/mol. The van der Waals surface area contributed by atoms with E-state index in [1.165, 1.54) is 26.9 Å². The highest BCUT2D eigenvalue weighted by Crippen LogP contribution is 2.31. The van der Waals surface area contributed by atoms with Gasteiger partial charge < -0.3 is 15.4 Å². The Labute approximate surface area is 124 Å². The van der Waals surface area contributed by atoms with E-state index in [0.29, 0.717) is 10.8 Å². The number of benzene rings is 1. The van der Waals surface area contributed by atoms with Gasteiger partial charge in [0, 0.05) is 11.4 Å². The number of nitrogens with one attached hydrogen (secondary N) is 1. The van der Waals surface area contributed by atoms with E-state index in [1.54, 1.807) is 11.6 Å². The minimum Gasteiger partial charge on any atom is -0.360 e. The molecule has 106 valence electrons. The van der Waals surface area contributed by atoms with Crippen molar-refractivity contribution in [2.24, 2.45) is 0 Å². The van der Waals surface area contributed by atoms with E-state index in [2.05, 4.69) is 22.4 Å². The summed E-state index contributed by atoms with van der Waals surface area (Å²) in [6, 6.07) is 8.42. The number of aromatic nitrogens is 2. The summed E-state index contributed by atoms with van der Waals surface area (Å²) in [5.74, 6) is 0.381. The van der Waals surface area contributed by atoms with Crippen LogP contribution in [0.25, 0.3) is 4.96 Å². The van der Waals surface area contributed by atoms with E-state index in [0.717, 1.165) is 12.8 Å². The lowest BCUT2D eigenvalue weighted by atomic mass is 10.1. The van der Waals surface area contributed by atoms with Gasteiger partial charge in [0.05, 0.1) is 0 Å². The molecule has 0 atom stereocenters. The largest absolute Gasteiger partial charge is 0.372 e. The SMILES string of the molecule is O=[N+]([O-])c1c(NC2Cc3ccccc3C2)nc2sccn12. The second kappa shape index (κ2) is 4.56. The van der Waals surface area contributed by atoms with Crippen molar-refractivity contribution in [3.8, 4) is 0 Å². The van der Waals surface area contributed by atoms with Crippen LogP contribution in [-0.2, 0) is 12.8 Å². The van der Waals surface area contributed by atoms with Gasteiger partial charge >= 0.3 is 5.82 Å². The van der Waals surface area contributed by atoms with E-state index < -0.39 is 0 Å². The van der Waals surface area contributed by atoms with Gasteiger partial charge in [0.25, 0.3) is 4.96 Å². The number of anilines is 1. The molecule has 0 amide bonds. The molecule has 1 aliphatic rings. The summed E-state index contributed by atoms with van der Waals surface area (Å²) in [7, 11) is 0. The fraction of sp³-hybridized carbons (Fsp3) is 0.214. The van der Waals surface area contributed by atoms with Crippen molar-refractivity contribution in [2.45, 2.75) is 18.9 Å². The predicted molar refractivity (Wildman–Crippen MR) is 81.0 cm³/mol. The zero-order valence-corrected chi connectivity index (χ0v) is 11.8. The number of rotatable bonds is 3. The van der Waals surface area contributed by atoms with Crippen molar-refractivity contribution in [3.63, 3.8) is 0 Å². The molecule has 0 radical (unpaired) electrons. The van der Waals surface area contributed by atoms with Crippen molar-refractivity contribution < 1.29 is 4.92 Å². The molecule has 3 aromatic rings. The molecular formula is C14H12N4O2S. The van der Waals surface area contributed by atoms with Gasteiger partial charge in [-0.25, -0.2) is 0 Å². The molecule has 0 fully saturated rings. The first-order valence-corrected chi connectivity index (χ1v) is 7.53. The third-order valence-electron chi connectivity index (χ3n) is 3.80. The molecule has 0 bridgehead atoms. The predicted octanol–water partition coefficient (Wildman–Crippen LogP) is 2.88. The first-order chi connectivity index (χ1) is 10.2. The summed E-state index contributed by atoms with van der Waals surface area (Å²) in [6.07, 6.45) is 3.43. The number of nitro groups is 1. The Balaban J connectivity index is 1.65. The molecule has 1 N–H and O–H groups in total. The minimum absolute atomic E-state index is 0.0159. The molecule has 0 saturated heterocycles. The summed E-state index contributed by atoms with van der Waals surface area (Å²) in [5.41, 5.74) is 2.61. The maximum Gasteiger partial charge on any atom is 0.372 e. The molecule has 0 aliphatic heterocycles. The topological polar surface area (TPSA) is 72.5 Å². The Bertz CT molecular complexity index is 813. The highest BCUT2D eigenvalue weighted by atomic mass is 32.1. The normalized spacial score (nSPS) is 14.5. The zero-order valence-electron chi connectivity index (χ0n) is 11.0. The van der Waals surface area contributed by atoms with Crippen LogP contribution in [0.4, 0.5) is 11.6 Å². The molecule has 1 aromatic carbocycles. The standard InChI is InChI=1S/C14H12N4O2S/c19-18(20)13-12(16-14-17(13)5-6-21-14)15-11-7-9-3-1-2-4-10(9)8-11/h1-6,11,15H,7-8H2. The molecule has 1 aliphatic carbocycles. The van der Waals surface area contributed by atoms with Gasteiger partial charge in [-0.15, -0.1) is 0 Å². The number of thiazole rings is 1. The minimum atomic E-state index is -0.378.